The van der Waals surface area contributed by atoms with Gasteiger partial charge in [-0.2, -0.15) is 5.10 Å². The van der Waals surface area contributed by atoms with Crippen LogP contribution in [0.3, 0.4) is 0 Å². The van der Waals surface area contributed by atoms with Crippen molar-refractivity contribution in [1.29, 1.82) is 0 Å². The van der Waals surface area contributed by atoms with Crippen LogP contribution in [0.4, 0.5) is 0 Å². The maximum Gasteiger partial charge on any atom is 0.0755 e. The molecule has 0 unspecified atom stereocenters. The fraction of sp³-hybridized carbons (Fsp3) is 0.312. The van der Waals surface area contributed by atoms with Crippen LogP contribution in [0.5, 0.6) is 0 Å². The second-order valence-corrected chi connectivity index (χ2v) is 5.47. The van der Waals surface area contributed by atoms with Gasteiger partial charge in [0.25, 0.3) is 0 Å². The van der Waals surface area contributed by atoms with Gasteiger partial charge < -0.3 is 9.72 Å². The minimum absolute atomic E-state index is 0.251. The Morgan fingerprint density at radius 2 is 2.29 bits per heavy atom. The third-order valence-corrected chi connectivity index (χ3v) is 4.13. The zero-order chi connectivity index (χ0) is 14.1. The average molecular weight is 282 g/mol. The molecule has 0 radical (unpaired) electrons. The number of aromatic amines is 2. The van der Waals surface area contributed by atoms with Crippen molar-refractivity contribution >= 4 is 10.9 Å². The van der Waals surface area contributed by atoms with E-state index in [0.717, 1.165) is 25.4 Å². The topological polar surface area (TPSA) is 56.9 Å². The van der Waals surface area contributed by atoms with E-state index in [2.05, 4.69) is 44.3 Å². The van der Waals surface area contributed by atoms with Gasteiger partial charge in [-0.1, -0.05) is 12.1 Å². The monoisotopic (exact) mass is 282 g/mol. The molecular weight excluding hydrogens is 264 g/mol. The number of ether oxygens (including phenoxy) is 1. The van der Waals surface area contributed by atoms with Crippen molar-refractivity contribution < 1.29 is 4.74 Å². The number of aromatic nitrogens is 3. The Balaban J connectivity index is 1.58. The molecule has 1 saturated heterocycles. The molecule has 108 valence electrons. The van der Waals surface area contributed by atoms with Gasteiger partial charge in [-0.05, 0) is 29.1 Å². The van der Waals surface area contributed by atoms with Crippen molar-refractivity contribution in [3.8, 4) is 0 Å². The van der Waals surface area contributed by atoms with Crippen LogP contribution in [0.25, 0.3) is 10.9 Å². The highest BCUT2D eigenvalue weighted by Gasteiger charge is 2.25. The largest absolute Gasteiger partial charge is 0.378 e. The van der Waals surface area contributed by atoms with Crippen LogP contribution in [0.2, 0.25) is 0 Å². The molecule has 2 aromatic heterocycles. The summed E-state index contributed by atoms with van der Waals surface area (Å²) in [6.07, 6.45) is 3.78. The van der Waals surface area contributed by atoms with Crippen LogP contribution >= 0.6 is 0 Å². The van der Waals surface area contributed by atoms with Crippen molar-refractivity contribution in [3.63, 3.8) is 0 Å². The quantitative estimate of drug-likeness (QED) is 0.776. The molecule has 4 rings (SSSR count). The predicted octanol–water partition coefficient (Wildman–Crippen LogP) is 2.46. The minimum Gasteiger partial charge on any atom is -0.378 e. The smallest absolute Gasteiger partial charge is 0.0755 e. The number of benzene rings is 1. The van der Waals surface area contributed by atoms with Gasteiger partial charge in [-0.25, -0.2) is 0 Å². The van der Waals surface area contributed by atoms with Gasteiger partial charge >= 0.3 is 0 Å². The zero-order valence-corrected chi connectivity index (χ0v) is 11.7. The Kier molecular flexibility index (Phi) is 3.21. The van der Waals surface area contributed by atoms with Gasteiger partial charge in [0, 0.05) is 31.0 Å². The van der Waals surface area contributed by atoms with E-state index in [4.69, 9.17) is 4.74 Å². The highest BCUT2D eigenvalue weighted by molar-refractivity contribution is 5.79. The summed E-state index contributed by atoms with van der Waals surface area (Å²) >= 11 is 0. The van der Waals surface area contributed by atoms with E-state index in [1.807, 2.05) is 12.3 Å². The van der Waals surface area contributed by atoms with Crippen LogP contribution in [-0.4, -0.2) is 39.8 Å². The molecule has 0 saturated carbocycles. The van der Waals surface area contributed by atoms with E-state index in [9.17, 15) is 0 Å². The van der Waals surface area contributed by atoms with Crippen molar-refractivity contribution in [1.82, 2.24) is 20.1 Å². The van der Waals surface area contributed by atoms with E-state index < -0.39 is 0 Å². The lowest BCUT2D eigenvalue weighted by Gasteiger charge is -2.34. The van der Waals surface area contributed by atoms with Crippen LogP contribution in [0.1, 0.15) is 17.3 Å². The van der Waals surface area contributed by atoms with Crippen molar-refractivity contribution in [2.45, 2.75) is 12.6 Å². The fourth-order valence-electron chi connectivity index (χ4n) is 2.99. The molecule has 21 heavy (non-hydrogen) atoms. The van der Waals surface area contributed by atoms with Gasteiger partial charge in [-0.3, -0.25) is 10.00 Å². The Morgan fingerprint density at radius 1 is 1.29 bits per heavy atom. The van der Waals surface area contributed by atoms with E-state index in [1.54, 1.807) is 6.20 Å². The molecule has 5 nitrogen and oxygen atoms in total. The molecule has 2 N–H and O–H groups in total. The molecule has 1 aliphatic heterocycles. The van der Waals surface area contributed by atoms with Crippen molar-refractivity contribution in [3.05, 3.63) is 54.0 Å². The average Bonchev–Trinajstić information content (AvgIpc) is 3.19. The molecule has 1 aromatic carbocycles. The first-order valence-electron chi connectivity index (χ1n) is 7.27. The normalized spacial score (nSPS) is 20.1. The van der Waals surface area contributed by atoms with Crippen LogP contribution in [0, 0.1) is 0 Å². The highest BCUT2D eigenvalue weighted by atomic mass is 16.5. The summed E-state index contributed by atoms with van der Waals surface area (Å²) in [7, 11) is 0. The van der Waals surface area contributed by atoms with Crippen molar-refractivity contribution in [2.24, 2.45) is 0 Å². The molecular formula is C16H18N4O. The number of morpholine rings is 1. The molecule has 1 aliphatic rings. The molecule has 1 atom stereocenters. The zero-order valence-electron chi connectivity index (χ0n) is 11.7. The Labute approximate surface area is 122 Å². The maximum atomic E-state index is 5.64. The summed E-state index contributed by atoms with van der Waals surface area (Å²) in [5.74, 6) is 0. The SMILES string of the molecule is c1cc([C@H]2COCCN2Cc2ccc3cc[nH]c3c2)[nH]n1. The standard InChI is InChI=1S/C16H18N4O/c1-2-13-3-5-17-15(13)9-12(1)10-20-7-8-21-11-16(20)14-4-6-18-19-14/h1-6,9,16-17H,7-8,10-11H2,(H,18,19)/t16-/m1/s1. The highest BCUT2D eigenvalue weighted by Crippen LogP contribution is 2.25. The first kappa shape index (κ1) is 12.6. The third kappa shape index (κ3) is 2.46. The number of fused-ring (bicyclic) bond motifs is 1. The molecule has 0 bridgehead atoms. The Bertz CT molecular complexity index is 719. The van der Waals surface area contributed by atoms with E-state index >= 15 is 0 Å². The van der Waals surface area contributed by atoms with Gasteiger partial charge in [0.1, 0.15) is 0 Å². The van der Waals surface area contributed by atoms with Crippen LogP contribution in [0.15, 0.2) is 42.7 Å². The Hall–Kier alpha value is -2.11. The number of rotatable bonds is 3. The second kappa shape index (κ2) is 5.35. The van der Waals surface area contributed by atoms with E-state index in [1.165, 1.54) is 16.5 Å². The maximum absolute atomic E-state index is 5.64. The molecule has 0 amide bonds. The number of H-pyrrole nitrogens is 2. The Morgan fingerprint density at radius 3 is 3.19 bits per heavy atom. The summed E-state index contributed by atoms with van der Waals surface area (Å²) < 4.78 is 5.64. The first-order valence-corrected chi connectivity index (χ1v) is 7.27. The van der Waals surface area contributed by atoms with Gasteiger partial charge in [0.2, 0.25) is 0 Å². The fourth-order valence-corrected chi connectivity index (χ4v) is 2.99. The molecule has 3 aromatic rings. The lowest BCUT2D eigenvalue weighted by molar-refractivity contribution is -0.0142. The predicted molar refractivity (Wildman–Crippen MR) is 80.9 cm³/mol. The van der Waals surface area contributed by atoms with Gasteiger partial charge in [0.05, 0.1) is 24.9 Å². The van der Waals surface area contributed by atoms with E-state index in [-0.39, 0.29) is 6.04 Å². The van der Waals surface area contributed by atoms with Crippen LogP contribution < -0.4 is 0 Å². The number of hydrogen-bond donors (Lipinski definition) is 2. The number of nitrogens with one attached hydrogen (secondary N) is 2. The summed E-state index contributed by atoms with van der Waals surface area (Å²) in [6, 6.07) is 11.0. The summed E-state index contributed by atoms with van der Waals surface area (Å²) in [5, 5.41) is 8.39. The molecule has 5 heteroatoms. The second-order valence-electron chi connectivity index (χ2n) is 5.47. The molecule has 0 aliphatic carbocycles. The lowest BCUT2D eigenvalue weighted by Crippen LogP contribution is -2.39. The van der Waals surface area contributed by atoms with Gasteiger partial charge in [0.15, 0.2) is 0 Å². The summed E-state index contributed by atoms with van der Waals surface area (Å²) in [6.45, 7) is 3.36. The summed E-state index contributed by atoms with van der Waals surface area (Å²) in [5.41, 5.74) is 3.63. The van der Waals surface area contributed by atoms with Gasteiger partial charge in [-0.15, -0.1) is 0 Å². The lowest BCUT2D eigenvalue weighted by atomic mass is 10.1. The number of nitrogens with zero attached hydrogens (tertiary/aromatic N) is 2. The van der Waals surface area contributed by atoms with Crippen LogP contribution in [-0.2, 0) is 11.3 Å². The molecule has 1 fully saturated rings. The van der Waals surface area contributed by atoms with E-state index in [0.29, 0.717) is 6.61 Å². The van der Waals surface area contributed by atoms with Crippen molar-refractivity contribution in [2.75, 3.05) is 19.8 Å². The molecule has 3 heterocycles. The number of hydrogen-bond acceptors (Lipinski definition) is 3. The third-order valence-electron chi connectivity index (χ3n) is 4.13. The summed E-state index contributed by atoms with van der Waals surface area (Å²) in [4.78, 5) is 5.72. The first-order chi connectivity index (χ1) is 10.4. The minimum atomic E-state index is 0.251. The molecule has 0 spiro atoms.